The third-order valence-corrected chi connectivity index (χ3v) is 6.04. The number of hydrogen-bond donors (Lipinski definition) is 2. The van der Waals surface area contributed by atoms with E-state index >= 15 is 0 Å². The summed E-state index contributed by atoms with van der Waals surface area (Å²) in [6.45, 7) is 8.51. The van der Waals surface area contributed by atoms with E-state index in [4.69, 9.17) is 21.4 Å². The van der Waals surface area contributed by atoms with Crippen LogP contribution in [0.15, 0.2) is 65.1 Å². The molecule has 1 heterocycles. The number of carbonyl (C=O) groups is 1. The third kappa shape index (κ3) is 5.52. The Morgan fingerprint density at radius 3 is 2.29 bits per heavy atom. The van der Waals surface area contributed by atoms with Gasteiger partial charge in [-0.05, 0) is 77.6 Å². The molecule has 1 aromatic heterocycles. The van der Waals surface area contributed by atoms with Crippen molar-refractivity contribution < 1.29 is 13.9 Å². The molecule has 35 heavy (non-hydrogen) atoms. The molecule has 0 fully saturated rings. The molecule has 2 N–H and O–H groups in total. The smallest absolute Gasteiger partial charge is 0.257 e. The number of oxazole rings is 1. The molecule has 7 heteroatoms. The van der Waals surface area contributed by atoms with Crippen LogP contribution in [0.2, 0.25) is 0 Å². The zero-order valence-electron chi connectivity index (χ0n) is 20.5. The van der Waals surface area contributed by atoms with Gasteiger partial charge in [-0.3, -0.25) is 10.1 Å². The maximum absolute atomic E-state index is 12.6. The van der Waals surface area contributed by atoms with Crippen molar-refractivity contribution in [3.8, 4) is 17.2 Å². The number of amides is 1. The minimum atomic E-state index is -0.284. The molecule has 0 atom stereocenters. The van der Waals surface area contributed by atoms with E-state index in [0.717, 1.165) is 16.7 Å². The van der Waals surface area contributed by atoms with Gasteiger partial charge in [0, 0.05) is 11.1 Å². The third-order valence-electron chi connectivity index (χ3n) is 5.84. The number of nitrogens with zero attached hydrogens (tertiary/aromatic N) is 1. The Kier molecular flexibility index (Phi) is 7.17. The Morgan fingerprint density at radius 2 is 1.63 bits per heavy atom. The molecule has 0 saturated carbocycles. The van der Waals surface area contributed by atoms with Gasteiger partial charge in [0.25, 0.3) is 5.91 Å². The second-order valence-electron chi connectivity index (χ2n) is 9.00. The van der Waals surface area contributed by atoms with Gasteiger partial charge in [0.05, 0.1) is 12.8 Å². The van der Waals surface area contributed by atoms with Crippen molar-refractivity contribution in [2.24, 2.45) is 0 Å². The van der Waals surface area contributed by atoms with Gasteiger partial charge in [-0.1, -0.05) is 45.9 Å². The van der Waals surface area contributed by atoms with Gasteiger partial charge in [-0.25, -0.2) is 4.98 Å². The Labute approximate surface area is 210 Å². The largest absolute Gasteiger partial charge is 0.495 e. The Balaban J connectivity index is 1.53. The number of rotatable bonds is 6. The number of ether oxygens (including phenoxy) is 1. The zero-order chi connectivity index (χ0) is 25.1. The second kappa shape index (κ2) is 10.3. The van der Waals surface area contributed by atoms with Gasteiger partial charge in [-0.2, -0.15) is 0 Å². The topological polar surface area (TPSA) is 76.4 Å². The number of thiocarbonyl (C=S) groups is 1. The Bertz CT molecular complexity index is 1370. The quantitative estimate of drug-likeness (QED) is 0.289. The summed E-state index contributed by atoms with van der Waals surface area (Å²) in [6, 6.07) is 19.1. The first-order valence-electron chi connectivity index (χ1n) is 11.6. The average molecular weight is 488 g/mol. The minimum absolute atomic E-state index is 0.164. The molecule has 0 aliphatic rings. The van der Waals surface area contributed by atoms with Crippen molar-refractivity contribution in [3.05, 3.63) is 77.4 Å². The lowest BCUT2D eigenvalue weighted by atomic mass is 10.0. The summed E-state index contributed by atoms with van der Waals surface area (Å²) in [4.78, 5) is 17.3. The fraction of sp³-hybridized carbons (Fsp3) is 0.250. The molecule has 3 aromatic carbocycles. The van der Waals surface area contributed by atoms with Crippen molar-refractivity contribution in [3.63, 3.8) is 0 Å². The number of methoxy groups -OCH3 is 1. The number of benzene rings is 3. The standard InChI is InChI=1S/C28H29N3O3S/c1-16(2)18-6-8-19(9-7-18)26(32)31-28(35)30-22-15-21(11-12-24(22)33-5)27-29-23-14-20(17(3)4)10-13-25(23)34-27/h6-17H,1-5H3,(H2,30,31,32,35). The van der Waals surface area contributed by atoms with E-state index in [9.17, 15) is 4.79 Å². The fourth-order valence-electron chi connectivity index (χ4n) is 3.71. The monoisotopic (exact) mass is 487 g/mol. The SMILES string of the molecule is COc1ccc(-c2nc3cc(C(C)C)ccc3o2)cc1NC(=S)NC(=O)c1ccc(C(C)C)cc1. The predicted molar refractivity (Wildman–Crippen MR) is 144 cm³/mol. The molecular weight excluding hydrogens is 458 g/mol. The van der Waals surface area contributed by atoms with Gasteiger partial charge in [0.1, 0.15) is 11.3 Å². The molecule has 0 aliphatic carbocycles. The van der Waals surface area contributed by atoms with Crippen LogP contribution in [-0.2, 0) is 0 Å². The van der Waals surface area contributed by atoms with Gasteiger partial charge >= 0.3 is 0 Å². The highest BCUT2D eigenvalue weighted by atomic mass is 32.1. The molecule has 4 aromatic rings. The lowest BCUT2D eigenvalue weighted by Gasteiger charge is -2.14. The highest BCUT2D eigenvalue weighted by Crippen LogP contribution is 2.32. The lowest BCUT2D eigenvalue weighted by molar-refractivity contribution is 0.0977. The van der Waals surface area contributed by atoms with Gasteiger partial charge < -0.3 is 14.5 Å². The summed E-state index contributed by atoms with van der Waals surface area (Å²) in [6.07, 6.45) is 0. The first-order chi connectivity index (χ1) is 16.7. The van der Waals surface area contributed by atoms with Crippen molar-refractivity contribution >= 4 is 40.0 Å². The molecule has 1 amide bonds. The van der Waals surface area contributed by atoms with Crippen LogP contribution in [0.5, 0.6) is 5.75 Å². The molecule has 0 unspecified atom stereocenters. The van der Waals surface area contributed by atoms with E-state index in [2.05, 4.69) is 49.4 Å². The molecule has 6 nitrogen and oxygen atoms in total. The molecule has 180 valence electrons. The van der Waals surface area contributed by atoms with E-state index in [-0.39, 0.29) is 11.0 Å². The van der Waals surface area contributed by atoms with E-state index < -0.39 is 0 Å². The van der Waals surface area contributed by atoms with Gasteiger partial charge in [0.2, 0.25) is 5.89 Å². The van der Waals surface area contributed by atoms with Crippen LogP contribution < -0.4 is 15.4 Å². The Morgan fingerprint density at radius 1 is 0.943 bits per heavy atom. The number of carbonyl (C=O) groups excluding carboxylic acids is 1. The van der Waals surface area contributed by atoms with Crippen LogP contribution in [0.1, 0.15) is 61.0 Å². The molecule has 0 spiro atoms. The molecular formula is C28H29N3O3S. The highest BCUT2D eigenvalue weighted by molar-refractivity contribution is 7.80. The van der Waals surface area contributed by atoms with Crippen LogP contribution in [0.25, 0.3) is 22.6 Å². The first-order valence-corrected chi connectivity index (χ1v) is 12.0. The Hall–Kier alpha value is -3.71. The van der Waals surface area contributed by atoms with E-state index in [1.807, 2.05) is 36.4 Å². The molecule has 0 saturated heterocycles. The number of nitrogens with one attached hydrogen (secondary N) is 2. The van der Waals surface area contributed by atoms with Crippen molar-refractivity contribution in [2.45, 2.75) is 39.5 Å². The summed E-state index contributed by atoms with van der Waals surface area (Å²) in [7, 11) is 1.57. The predicted octanol–water partition coefficient (Wildman–Crippen LogP) is 6.88. The van der Waals surface area contributed by atoms with Crippen molar-refractivity contribution in [1.82, 2.24) is 10.3 Å². The maximum Gasteiger partial charge on any atom is 0.257 e. The van der Waals surface area contributed by atoms with Crippen LogP contribution >= 0.6 is 12.2 Å². The van der Waals surface area contributed by atoms with Crippen LogP contribution in [0, 0.1) is 0 Å². The molecule has 0 radical (unpaired) electrons. The second-order valence-corrected chi connectivity index (χ2v) is 9.41. The minimum Gasteiger partial charge on any atom is -0.495 e. The molecule has 0 bridgehead atoms. The van der Waals surface area contributed by atoms with E-state index in [1.165, 1.54) is 11.1 Å². The number of aromatic nitrogens is 1. The van der Waals surface area contributed by atoms with Crippen LogP contribution in [0.4, 0.5) is 5.69 Å². The summed E-state index contributed by atoms with van der Waals surface area (Å²) >= 11 is 5.40. The molecule has 0 aliphatic heterocycles. The highest BCUT2D eigenvalue weighted by Gasteiger charge is 2.15. The van der Waals surface area contributed by atoms with Crippen molar-refractivity contribution in [2.75, 3.05) is 12.4 Å². The normalized spacial score (nSPS) is 11.2. The van der Waals surface area contributed by atoms with Crippen LogP contribution in [0.3, 0.4) is 0 Å². The summed E-state index contributed by atoms with van der Waals surface area (Å²) in [5.41, 5.74) is 5.79. The van der Waals surface area contributed by atoms with Crippen LogP contribution in [-0.4, -0.2) is 23.1 Å². The fourth-order valence-corrected chi connectivity index (χ4v) is 3.92. The molecule has 4 rings (SSSR count). The summed E-state index contributed by atoms with van der Waals surface area (Å²) in [5, 5.41) is 5.96. The number of hydrogen-bond acceptors (Lipinski definition) is 5. The maximum atomic E-state index is 12.6. The van der Waals surface area contributed by atoms with E-state index in [1.54, 1.807) is 25.3 Å². The van der Waals surface area contributed by atoms with Gasteiger partial charge in [0.15, 0.2) is 10.7 Å². The number of fused-ring (bicyclic) bond motifs is 1. The van der Waals surface area contributed by atoms with Gasteiger partial charge in [-0.15, -0.1) is 0 Å². The summed E-state index contributed by atoms with van der Waals surface area (Å²) in [5.74, 6) is 1.58. The summed E-state index contributed by atoms with van der Waals surface area (Å²) < 4.78 is 11.5. The number of anilines is 1. The van der Waals surface area contributed by atoms with E-state index in [0.29, 0.717) is 34.7 Å². The zero-order valence-corrected chi connectivity index (χ0v) is 21.3. The van der Waals surface area contributed by atoms with Crippen molar-refractivity contribution in [1.29, 1.82) is 0 Å². The first kappa shape index (κ1) is 24.4. The lowest BCUT2D eigenvalue weighted by Crippen LogP contribution is -2.34. The average Bonchev–Trinajstić information content (AvgIpc) is 3.27.